The fourth-order valence-electron chi connectivity index (χ4n) is 5.23. The molecule has 3 saturated heterocycles. The van der Waals surface area contributed by atoms with Gasteiger partial charge in [-0.3, -0.25) is 4.84 Å². The molecule has 3 aliphatic rings. The molecule has 36 heavy (non-hydrogen) atoms. The number of rotatable bonds is 7. The van der Waals surface area contributed by atoms with E-state index in [1.165, 1.54) is 0 Å². The summed E-state index contributed by atoms with van der Waals surface area (Å²) in [7, 11) is 0. The first kappa shape index (κ1) is 26.1. The van der Waals surface area contributed by atoms with Crippen molar-refractivity contribution in [3.05, 3.63) is 71.8 Å². The highest BCUT2D eigenvalue weighted by atomic mass is 79.9. The summed E-state index contributed by atoms with van der Waals surface area (Å²) in [5.74, 6) is -1.25. The van der Waals surface area contributed by atoms with Crippen molar-refractivity contribution in [2.75, 3.05) is 5.33 Å². The maximum atomic E-state index is 15.2. The van der Waals surface area contributed by atoms with E-state index in [-0.39, 0.29) is 12.7 Å². The van der Waals surface area contributed by atoms with Crippen molar-refractivity contribution in [1.82, 2.24) is 5.06 Å². The molecule has 0 unspecified atom stereocenters. The summed E-state index contributed by atoms with van der Waals surface area (Å²) in [6, 6.07) is 17.5. The molecule has 0 bridgehead atoms. The third kappa shape index (κ3) is 4.84. The van der Waals surface area contributed by atoms with Crippen LogP contribution in [0, 0.1) is 0 Å². The molecule has 3 heterocycles. The van der Waals surface area contributed by atoms with Crippen LogP contribution in [0.2, 0.25) is 0 Å². The molecule has 10 heteroatoms. The van der Waals surface area contributed by atoms with Crippen LogP contribution in [0.15, 0.2) is 60.7 Å². The van der Waals surface area contributed by atoms with E-state index in [0.717, 1.165) is 5.56 Å². The van der Waals surface area contributed by atoms with E-state index in [4.69, 9.17) is 23.8 Å². The molecule has 0 saturated carbocycles. The second-order valence-electron chi connectivity index (χ2n) is 9.79. The van der Waals surface area contributed by atoms with Crippen molar-refractivity contribution in [3.8, 4) is 0 Å². The first-order chi connectivity index (χ1) is 17.1. The lowest BCUT2D eigenvalue weighted by atomic mass is 9.85. The van der Waals surface area contributed by atoms with Gasteiger partial charge in [0.1, 0.15) is 6.10 Å². The number of benzene rings is 2. The summed E-state index contributed by atoms with van der Waals surface area (Å²) in [6.45, 7) is 3.18. The topological polar surface area (TPSA) is 49.4 Å². The van der Waals surface area contributed by atoms with Gasteiger partial charge in [0.25, 0.3) is 0 Å². The number of alkyl halides is 4. The van der Waals surface area contributed by atoms with Crippen LogP contribution in [0.25, 0.3) is 0 Å². The maximum Gasteiger partial charge on any atom is 0.422 e. The van der Waals surface area contributed by atoms with Crippen LogP contribution in [0.4, 0.5) is 13.2 Å². The van der Waals surface area contributed by atoms with Crippen LogP contribution in [0.1, 0.15) is 31.4 Å². The molecule has 0 spiro atoms. The standard InChI is InChI=1S/C26H29BrF3NO5/c1-24(2)34-22-23(35-24)33-21(25(22,26(28,29)30)32-16-18-11-7-4-8-12-18)20-13-19(14-27)36-31(20)15-17-9-5-3-6-10-17/h3-12,19-23H,13-16H2,1-2H3/t19-,20-,21+,22-,23+,25+/m0/s1. The summed E-state index contributed by atoms with van der Waals surface area (Å²) < 4.78 is 69.3. The van der Waals surface area contributed by atoms with Gasteiger partial charge in [-0.15, -0.1) is 0 Å². The van der Waals surface area contributed by atoms with Crippen LogP contribution in [0.5, 0.6) is 0 Å². The van der Waals surface area contributed by atoms with Gasteiger partial charge in [0.15, 0.2) is 18.2 Å². The molecule has 196 valence electrons. The number of nitrogens with zero attached hydrogens (tertiary/aromatic N) is 1. The fraction of sp³-hybridized carbons (Fsp3) is 0.538. The zero-order valence-corrected chi connectivity index (χ0v) is 21.6. The second kappa shape index (κ2) is 9.98. The highest BCUT2D eigenvalue weighted by Crippen LogP contribution is 2.55. The first-order valence-electron chi connectivity index (χ1n) is 11.9. The maximum absolute atomic E-state index is 15.2. The smallest absolute Gasteiger partial charge is 0.356 e. The molecule has 2 aromatic carbocycles. The molecule has 0 aliphatic carbocycles. The molecule has 6 atom stereocenters. The third-order valence-corrected chi connectivity index (χ3v) is 7.53. The third-order valence-electron chi connectivity index (χ3n) is 6.81. The highest BCUT2D eigenvalue weighted by molar-refractivity contribution is 9.09. The summed E-state index contributed by atoms with van der Waals surface area (Å²) in [5, 5.41) is 2.06. The van der Waals surface area contributed by atoms with Gasteiger partial charge in [-0.05, 0) is 31.4 Å². The first-order valence-corrected chi connectivity index (χ1v) is 13.0. The average molecular weight is 572 g/mol. The molecule has 3 fully saturated rings. The molecule has 5 rings (SSSR count). The fourth-order valence-corrected chi connectivity index (χ4v) is 5.61. The summed E-state index contributed by atoms with van der Waals surface area (Å²) in [5.41, 5.74) is -1.25. The van der Waals surface area contributed by atoms with Crippen LogP contribution >= 0.6 is 15.9 Å². The Kier molecular flexibility index (Phi) is 7.23. The number of ether oxygens (including phenoxy) is 4. The van der Waals surface area contributed by atoms with Crippen LogP contribution in [-0.4, -0.2) is 58.6 Å². The zero-order chi connectivity index (χ0) is 25.6. The van der Waals surface area contributed by atoms with Gasteiger partial charge >= 0.3 is 6.18 Å². The second-order valence-corrected chi connectivity index (χ2v) is 10.4. The van der Waals surface area contributed by atoms with Gasteiger partial charge < -0.3 is 18.9 Å². The Morgan fingerprint density at radius 2 is 1.61 bits per heavy atom. The van der Waals surface area contributed by atoms with Gasteiger partial charge in [0, 0.05) is 11.9 Å². The van der Waals surface area contributed by atoms with Gasteiger partial charge in [-0.1, -0.05) is 76.6 Å². The lowest BCUT2D eigenvalue weighted by molar-refractivity contribution is -0.341. The van der Waals surface area contributed by atoms with Gasteiger partial charge in [-0.2, -0.15) is 18.2 Å². The molecule has 2 aromatic rings. The van der Waals surface area contributed by atoms with Gasteiger partial charge in [-0.25, -0.2) is 0 Å². The van der Waals surface area contributed by atoms with Crippen LogP contribution in [-0.2, 0) is 36.9 Å². The summed E-state index contributed by atoms with van der Waals surface area (Å²) in [4.78, 5) is 6.07. The Labute approximate surface area is 216 Å². The van der Waals surface area contributed by atoms with E-state index in [2.05, 4.69) is 15.9 Å². The number of hydrogen-bond donors (Lipinski definition) is 0. The van der Waals surface area contributed by atoms with Crippen molar-refractivity contribution in [3.63, 3.8) is 0 Å². The Balaban J connectivity index is 1.53. The van der Waals surface area contributed by atoms with E-state index in [1.54, 1.807) is 49.2 Å². The SMILES string of the molecule is CC1(C)O[C@H]2O[C@H]([C@@H]3C[C@@H](CBr)ON3Cc3ccccc3)[C@](OCc3ccccc3)(C(F)(F)F)[C@H]2O1. The van der Waals surface area contributed by atoms with Crippen molar-refractivity contribution in [2.24, 2.45) is 0 Å². The quantitative estimate of drug-likeness (QED) is 0.417. The van der Waals surface area contributed by atoms with E-state index < -0.39 is 42.1 Å². The molecular formula is C26H29BrF3NO5. The lowest BCUT2D eigenvalue weighted by Crippen LogP contribution is -2.65. The Morgan fingerprint density at radius 3 is 2.22 bits per heavy atom. The highest BCUT2D eigenvalue weighted by Gasteiger charge is 2.77. The monoisotopic (exact) mass is 571 g/mol. The van der Waals surface area contributed by atoms with Crippen molar-refractivity contribution in [1.29, 1.82) is 0 Å². The summed E-state index contributed by atoms with van der Waals surface area (Å²) >= 11 is 3.42. The van der Waals surface area contributed by atoms with Gasteiger partial charge in [0.2, 0.25) is 5.60 Å². The van der Waals surface area contributed by atoms with Crippen LogP contribution < -0.4 is 0 Å². The van der Waals surface area contributed by atoms with E-state index in [9.17, 15) is 0 Å². The minimum atomic E-state index is -4.82. The Hall–Kier alpha value is -1.53. The molecule has 0 radical (unpaired) electrons. The molecule has 3 aliphatic heterocycles. The van der Waals surface area contributed by atoms with Crippen molar-refractivity contribution >= 4 is 15.9 Å². The number of fused-ring (bicyclic) bond motifs is 1. The minimum absolute atomic E-state index is 0.263. The van der Waals surface area contributed by atoms with Gasteiger partial charge in [0.05, 0.1) is 18.8 Å². The van der Waals surface area contributed by atoms with Crippen LogP contribution in [0.3, 0.4) is 0 Å². The number of halogens is 4. The molecule has 0 N–H and O–H groups in total. The normalized spacial score (nSPS) is 34.2. The average Bonchev–Trinajstić information content (AvgIpc) is 3.47. The molecule has 6 nitrogen and oxygen atoms in total. The Morgan fingerprint density at radius 1 is 0.972 bits per heavy atom. The van der Waals surface area contributed by atoms with E-state index >= 15 is 13.2 Å². The molecular weight excluding hydrogens is 543 g/mol. The van der Waals surface area contributed by atoms with E-state index in [0.29, 0.717) is 23.9 Å². The predicted molar refractivity (Wildman–Crippen MR) is 128 cm³/mol. The predicted octanol–water partition coefficient (Wildman–Crippen LogP) is 5.35. The largest absolute Gasteiger partial charge is 0.422 e. The molecule has 0 amide bonds. The summed E-state index contributed by atoms with van der Waals surface area (Å²) in [6.07, 6.45) is -8.99. The molecule has 0 aromatic heterocycles. The number of hydroxylamine groups is 2. The van der Waals surface area contributed by atoms with E-state index in [1.807, 2.05) is 30.3 Å². The van der Waals surface area contributed by atoms with Crippen molar-refractivity contribution < 1.29 is 37.0 Å². The lowest BCUT2D eigenvalue weighted by Gasteiger charge is -2.42. The number of hydrogen-bond acceptors (Lipinski definition) is 6. The Bertz CT molecular complexity index is 1030. The zero-order valence-electron chi connectivity index (χ0n) is 20.0. The van der Waals surface area contributed by atoms with Crippen molar-refractivity contribution in [2.45, 2.75) is 81.6 Å². The minimum Gasteiger partial charge on any atom is -0.356 e.